The second-order valence-electron chi connectivity index (χ2n) is 2.76. The van der Waals surface area contributed by atoms with Crippen molar-refractivity contribution in [3.05, 3.63) is 33.1 Å². The van der Waals surface area contributed by atoms with E-state index in [1.165, 1.54) is 6.07 Å². The van der Waals surface area contributed by atoms with Crippen LogP contribution in [-0.2, 0) is 6.42 Å². The van der Waals surface area contributed by atoms with E-state index in [0.29, 0.717) is 13.0 Å². The topological polar surface area (TPSA) is 82.0 Å². The number of halogens is 1. The van der Waals surface area contributed by atoms with Gasteiger partial charge in [0.1, 0.15) is 0 Å². The smallest absolute Gasteiger partial charge is 0.306 e. The minimum absolute atomic E-state index is 0.0653. The van der Waals surface area contributed by atoms with Gasteiger partial charge in [-0.1, -0.05) is 11.6 Å². The van der Waals surface area contributed by atoms with Gasteiger partial charge in [-0.2, -0.15) is 0 Å². The fourth-order valence-electron chi connectivity index (χ4n) is 1.02. The van der Waals surface area contributed by atoms with Crippen LogP contribution in [0.4, 0.5) is 5.69 Å². The van der Waals surface area contributed by atoms with E-state index in [2.05, 4.69) is 4.98 Å². The monoisotopic (exact) mass is 215 g/mol. The fourth-order valence-corrected chi connectivity index (χ4v) is 1.26. The van der Waals surface area contributed by atoms with Gasteiger partial charge < -0.3 is 5.73 Å². The van der Waals surface area contributed by atoms with Gasteiger partial charge in [-0.3, -0.25) is 10.1 Å². The van der Waals surface area contributed by atoms with Gasteiger partial charge >= 0.3 is 5.69 Å². The molecule has 0 bridgehead atoms. The molecular formula is C8H10ClN3O2. The van der Waals surface area contributed by atoms with Gasteiger partial charge in [0.05, 0.1) is 4.92 Å². The number of pyridine rings is 1. The summed E-state index contributed by atoms with van der Waals surface area (Å²) in [4.78, 5) is 13.8. The lowest BCUT2D eigenvalue weighted by molar-refractivity contribution is -0.385. The molecule has 6 heteroatoms. The summed E-state index contributed by atoms with van der Waals surface area (Å²) in [6.45, 7) is 0.566. The highest BCUT2D eigenvalue weighted by molar-refractivity contribution is 6.31. The molecule has 0 fully saturated rings. The van der Waals surface area contributed by atoms with Gasteiger partial charge in [0.15, 0.2) is 0 Å². The Balaban J connectivity index is 2.83. The first-order valence-electron chi connectivity index (χ1n) is 4.15. The van der Waals surface area contributed by atoms with Crippen LogP contribution in [0.3, 0.4) is 0 Å². The van der Waals surface area contributed by atoms with Crippen LogP contribution in [-0.4, -0.2) is 16.5 Å². The summed E-state index contributed by atoms with van der Waals surface area (Å²) in [6, 6.07) is 2.96. The average molecular weight is 216 g/mol. The number of rotatable bonds is 4. The Kier molecular flexibility index (Phi) is 3.79. The minimum Gasteiger partial charge on any atom is -0.330 e. The summed E-state index contributed by atoms with van der Waals surface area (Å²) < 4.78 is 0. The molecule has 0 unspecified atom stereocenters. The standard InChI is InChI=1S/C8H10ClN3O2/c9-8-7(12(13)14)4-3-6(11-8)2-1-5-10/h3-4H,1-2,5,10H2. The molecular weight excluding hydrogens is 206 g/mol. The molecule has 0 saturated heterocycles. The Labute approximate surface area is 86.0 Å². The molecule has 0 aliphatic rings. The molecule has 1 aromatic rings. The van der Waals surface area contributed by atoms with Crippen LogP contribution in [0.1, 0.15) is 12.1 Å². The zero-order valence-electron chi connectivity index (χ0n) is 7.44. The van der Waals surface area contributed by atoms with Crippen molar-refractivity contribution in [2.75, 3.05) is 6.54 Å². The van der Waals surface area contributed by atoms with E-state index in [4.69, 9.17) is 17.3 Å². The molecule has 1 aromatic heterocycles. The second-order valence-corrected chi connectivity index (χ2v) is 3.12. The van der Waals surface area contributed by atoms with Crippen molar-refractivity contribution >= 4 is 17.3 Å². The van der Waals surface area contributed by atoms with Crippen LogP contribution in [0.2, 0.25) is 5.15 Å². The number of nitrogens with zero attached hydrogens (tertiary/aromatic N) is 2. The Hall–Kier alpha value is -1.20. The van der Waals surface area contributed by atoms with E-state index >= 15 is 0 Å². The number of hydrogen-bond acceptors (Lipinski definition) is 4. The van der Waals surface area contributed by atoms with E-state index < -0.39 is 4.92 Å². The van der Waals surface area contributed by atoms with Crippen LogP contribution in [0, 0.1) is 10.1 Å². The molecule has 2 N–H and O–H groups in total. The Morgan fingerprint density at radius 3 is 2.79 bits per heavy atom. The summed E-state index contributed by atoms with van der Waals surface area (Å²) in [5.74, 6) is 0. The lowest BCUT2D eigenvalue weighted by Gasteiger charge is -1.99. The van der Waals surface area contributed by atoms with Crippen LogP contribution < -0.4 is 5.73 Å². The Bertz CT molecular complexity index is 343. The molecule has 5 nitrogen and oxygen atoms in total. The lowest BCUT2D eigenvalue weighted by atomic mass is 10.2. The van der Waals surface area contributed by atoms with Crippen LogP contribution in [0.5, 0.6) is 0 Å². The first-order valence-corrected chi connectivity index (χ1v) is 4.53. The molecule has 0 radical (unpaired) electrons. The van der Waals surface area contributed by atoms with E-state index in [1.54, 1.807) is 6.07 Å². The first-order chi connectivity index (χ1) is 6.65. The third kappa shape index (κ3) is 2.65. The van der Waals surface area contributed by atoms with Crippen molar-refractivity contribution < 1.29 is 4.92 Å². The molecule has 0 aliphatic heterocycles. The highest BCUT2D eigenvalue weighted by Crippen LogP contribution is 2.21. The highest BCUT2D eigenvalue weighted by Gasteiger charge is 2.13. The summed E-state index contributed by atoms with van der Waals surface area (Å²) >= 11 is 5.62. The average Bonchev–Trinajstić information content (AvgIpc) is 2.14. The SMILES string of the molecule is NCCCc1ccc([N+](=O)[O-])c(Cl)n1. The highest BCUT2D eigenvalue weighted by atomic mass is 35.5. The fraction of sp³-hybridized carbons (Fsp3) is 0.375. The quantitative estimate of drug-likeness (QED) is 0.469. The Morgan fingerprint density at radius 1 is 1.57 bits per heavy atom. The van der Waals surface area contributed by atoms with E-state index in [-0.39, 0.29) is 10.8 Å². The lowest BCUT2D eigenvalue weighted by Crippen LogP contribution is -2.02. The Morgan fingerprint density at radius 2 is 2.29 bits per heavy atom. The molecule has 0 atom stereocenters. The van der Waals surface area contributed by atoms with Gasteiger partial charge in [0.2, 0.25) is 5.15 Å². The molecule has 0 aliphatic carbocycles. The van der Waals surface area contributed by atoms with E-state index in [0.717, 1.165) is 12.1 Å². The normalized spacial score (nSPS) is 10.1. The third-order valence-corrected chi connectivity index (χ3v) is 2.00. The van der Waals surface area contributed by atoms with Crippen molar-refractivity contribution in [2.45, 2.75) is 12.8 Å². The maximum absolute atomic E-state index is 10.4. The van der Waals surface area contributed by atoms with Crippen molar-refractivity contribution in [3.8, 4) is 0 Å². The predicted octanol–water partition coefficient (Wildman–Crippen LogP) is 1.53. The number of aryl methyl sites for hydroxylation is 1. The zero-order chi connectivity index (χ0) is 10.6. The van der Waals surface area contributed by atoms with E-state index in [9.17, 15) is 10.1 Å². The molecule has 0 spiro atoms. The van der Waals surface area contributed by atoms with Crippen molar-refractivity contribution in [1.29, 1.82) is 0 Å². The molecule has 76 valence electrons. The van der Waals surface area contributed by atoms with Gasteiger partial charge in [-0.05, 0) is 25.5 Å². The van der Waals surface area contributed by atoms with Crippen molar-refractivity contribution in [3.63, 3.8) is 0 Å². The maximum atomic E-state index is 10.4. The van der Waals surface area contributed by atoms with Gasteiger partial charge in [0.25, 0.3) is 0 Å². The number of aromatic nitrogens is 1. The van der Waals surface area contributed by atoms with Crippen LogP contribution in [0.25, 0.3) is 0 Å². The molecule has 1 rings (SSSR count). The molecule has 14 heavy (non-hydrogen) atoms. The molecule has 0 saturated carbocycles. The van der Waals surface area contributed by atoms with Crippen LogP contribution in [0.15, 0.2) is 12.1 Å². The molecule has 1 heterocycles. The summed E-state index contributed by atoms with van der Waals surface area (Å²) in [5, 5.41) is 10.3. The maximum Gasteiger partial charge on any atom is 0.306 e. The van der Waals surface area contributed by atoms with Gasteiger partial charge in [0, 0.05) is 11.8 Å². The van der Waals surface area contributed by atoms with Crippen molar-refractivity contribution in [2.24, 2.45) is 5.73 Å². The first kappa shape index (κ1) is 10.9. The minimum atomic E-state index is -0.554. The van der Waals surface area contributed by atoms with Gasteiger partial charge in [-0.15, -0.1) is 0 Å². The van der Waals surface area contributed by atoms with Crippen LogP contribution >= 0.6 is 11.6 Å². The van der Waals surface area contributed by atoms with Gasteiger partial charge in [-0.25, -0.2) is 4.98 Å². The third-order valence-electron chi connectivity index (χ3n) is 1.72. The number of nitro groups is 1. The summed E-state index contributed by atoms with van der Waals surface area (Å²) in [6.07, 6.45) is 1.48. The largest absolute Gasteiger partial charge is 0.330 e. The zero-order valence-corrected chi connectivity index (χ0v) is 8.20. The summed E-state index contributed by atoms with van der Waals surface area (Å²) in [5.41, 5.74) is 5.89. The second kappa shape index (κ2) is 4.88. The van der Waals surface area contributed by atoms with E-state index in [1.807, 2.05) is 0 Å². The summed E-state index contributed by atoms with van der Waals surface area (Å²) in [7, 11) is 0. The predicted molar refractivity (Wildman–Crippen MR) is 53.3 cm³/mol. The molecule has 0 aromatic carbocycles. The van der Waals surface area contributed by atoms with Crippen molar-refractivity contribution in [1.82, 2.24) is 4.98 Å². The number of hydrogen-bond donors (Lipinski definition) is 1. The number of nitrogens with two attached hydrogens (primary N) is 1. The molecule has 0 amide bonds.